The van der Waals surface area contributed by atoms with Gasteiger partial charge in [-0.3, -0.25) is 4.79 Å². The number of methoxy groups -OCH3 is 2. The Balaban J connectivity index is 2.92. The van der Waals surface area contributed by atoms with Crippen molar-refractivity contribution in [2.45, 2.75) is 19.4 Å². The summed E-state index contributed by atoms with van der Waals surface area (Å²) in [5.41, 5.74) is -0.718. The lowest BCUT2D eigenvalue weighted by atomic mass is 10.0. The van der Waals surface area contributed by atoms with Crippen molar-refractivity contribution in [2.75, 3.05) is 14.2 Å². The van der Waals surface area contributed by atoms with E-state index < -0.39 is 11.5 Å². The standard InChI is InChI=1S/C13H17NO4/c1-13(2,12(16)18-4)14-11(15)9-7-5-6-8-10(9)17-3/h5-8H,1-4H3,(H,14,15). The van der Waals surface area contributed by atoms with Crippen LogP contribution in [0.5, 0.6) is 5.75 Å². The summed E-state index contributed by atoms with van der Waals surface area (Å²) < 4.78 is 9.71. The van der Waals surface area contributed by atoms with Crippen LogP contribution in [0, 0.1) is 0 Å². The van der Waals surface area contributed by atoms with E-state index in [-0.39, 0.29) is 5.91 Å². The maximum absolute atomic E-state index is 12.1. The van der Waals surface area contributed by atoms with Gasteiger partial charge >= 0.3 is 5.97 Å². The number of nitrogens with one attached hydrogen (secondary N) is 1. The smallest absolute Gasteiger partial charge is 0.330 e. The molecule has 1 N–H and O–H groups in total. The zero-order valence-corrected chi connectivity index (χ0v) is 10.9. The number of hydrogen-bond donors (Lipinski definition) is 1. The molecule has 0 aliphatic rings. The average molecular weight is 251 g/mol. The van der Waals surface area contributed by atoms with Crippen LogP contribution in [0.2, 0.25) is 0 Å². The minimum Gasteiger partial charge on any atom is -0.496 e. The summed E-state index contributed by atoms with van der Waals surface area (Å²) in [7, 11) is 2.76. The van der Waals surface area contributed by atoms with Gasteiger partial charge in [-0.05, 0) is 26.0 Å². The number of carbonyl (C=O) groups excluding carboxylic acids is 2. The highest BCUT2D eigenvalue weighted by Crippen LogP contribution is 2.18. The number of esters is 1. The number of hydrogen-bond acceptors (Lipinski definition) is 4. The fraction of sp³-hybridized carbons (Fsp3) is 0.385. The van der Waals surface area contributed by atoms with Crippen LogP contribution in [0.25, 0.3) is 0 Å². The molecule has 0 aromatic heterocycles. The lowest BCUT2D eigenvalue weighted by Gasteiger charge is -2.23. The Hall–Kier alpha value is -2.04. The van der Waals surface area contributed by atoms with Crippen LogP contribution in [0.15, 0.2) is 24.3 Å². The van der Waals surface area contributed by atoms with E-state index in [1.807, 2.05) is 0 Å². The Bertz CT molecular complexity index is 454. The fourth-order valence-corrected chi connectivity index (χ4v) is 1.49. The topological polar surface area (TPSA) is 64.6 Å². The van der Waals surface area contributed by atoms with Gasteiger partial charge in [0.05, 0.1) is 19.8 Å². The molecule has 0 unspecified atom stereocenters. The third-order valence-electron chi connectivity index (χ3n) is 2.47. The van der Waals surface area contributed by atoms with Gasteiger partial charge in [-0.25, -0.2) is 4.79 Å². The van der Waals surface area contributed by atoms with Gasteiger partial charge in [-0.1, -0.05) is 12.1 Å². The van der Waals surface area contributed by atoms with E-state index in [4.69, 9.17) is 4.74 Å². The Kier molecular flexibility index (Phi) is 4.31. The second-order valence-corrected chi connectivity index (χ2v) is 4.27. The van der Waals surface area contributed by atoms with E-state index in [1.54, 1.807) is 38.1 Å². The van der Waals surface area contributed by atoms with Gasteiger partial charge in [-0.2, -0.15) is 0 Å². The average Bonchev–Trinajstić information content (AvgIpc) is 2.36. The molecular weight excluding hydrogens is 234 g/mol. The van der Waals surface area contributed by atoms with Crippen LogP contribution in [-0.4, -0.2) is 31.6 Å². The van der Waals surface area contributed by atoms with Crippen molar-refractivity contribution in [1.29, 1.82) is 0 Å². The number of para-hydroxylation sites is 1. The van der Waals surface area contributed by atoms with Crippen LogP contribution in [0.4, 0.5) is 0 Å². The van der Waals surface area contributed by atoms with Crippen LogP contribution in [0.3, 0.4) is 0 Å². The largest absolute Gasteiger partial charge is 0.496 e. The fourth-order valence-electron chi connectivity index (χ4n) is 1.49. The van der Waals surface area contributed by atoms with Crippen molar-refractivity contribution >= 4 is 11.9 Å². The monoisotopic (exact) mass is 251 g/mol. The molecular formula is C13H17NO4. The first kappa shape index (κ1) is 14.0. The highest BCUT2D eigenvalue weighted by molar-refractivity contribution is 5.99. The molecule has 0 heterocycles. The van der Waals surface area contributed by atoms with E-state index in [0.29, 0.717) is 11.3 Å². The molecule has 0 bridgehead atoms. The zero-order valence-electron chi connectivity index (χ0n) is 10.9. The molecule has 1 amide bonds. The van der Waals surface area contributed by atoms with E-state index >= 15 is 0 Å². The van der Waals surface area contributed by atoms with Crippen molar-refractivity contribution in [3.05, 3.63) is 29.8 Å². The van der Waals surface area contributed by atoms with E-state index in [2.05, 4.69) is 10.1 Å². The third-order valence-corrected chi connectivity index (χ3v) is 2.47. The Morgan fingerprint density at radius 3 is 2.33 bits per heavy atom. The maximum Gasteiger partial charge on any atom is 0.330 e. The minimum atomic E-state index is -1.09. The summed E-state index contributed by atoms with van der Waals surface area (Å²) >= 11 is 0. The number of benzene rings is 1. The van der Waals surface area contributed by atoms with Gasteiger partial charge < -0.3 is 14.8 Å². The Morgan fingerprint density at radius 2 is 1.78 bits per heavy atom. The molecule has 0 aliphatic heterocycles. The van der Waals surface area contributed by atoms with Gasteiger partial charge in [0.25, 0.3) is 5.91 Å². The van der Waals surface area contributed by atoms with Crippen LogP contribution < -0.4 is 10.1 Å². The first-order valence-corrected chi connectivity index (χ1v) is 5.46. The highest BCUT2D eigenvalue weighted by atomic mass is 16.5. The molecule has 0 radical (unpaired) electrons. The van der Waals surface area contributed by atoms with Crippen molar-refractivity contribution < 1.29 is 19.1 Å². The van der Waals surface area contributed by atoms with Crippen LogP contribution in [-0.2, 0) is 9.53 Å². The van der Waals surface area contributed by atoms with Gasteiger partial charge in [0.15, 0.2) is 0 Å². The highest BCUT2D eigenvalue weighted by Gasteiger charge is 2.31. The molecule has 0 atom stereocenters. The van der Waals surface area contributed by atoms with Gasteiger partial charge in [0.1, 0.15) is 11.3 Å². The first-order valence-electron chi connectivity index (χ1n) is 5.46. The summed E-state index contributed by atoms with van der Waals surface area (Å²) in [6, 6.07) is 6.80. The molecule has 1 aromatic rings. The molecule has 18 heavy (non-hydrogen) atoms. The van der Waals surface area contributed by atoms with Gasteiger partial charge in [0, 0.05) is 0 Å². The summed E-state index contributed by atoms with van der Waals surface area (Å²) in [6.45, 7) is 3.15. The molecule has 0 saturated heterocycles. The van der Waals surface area contributed by atoms with E-state index in [0.717, 1.165) is 0 Å². The lowest BCUT2D eigenvalue weighted by molar-refractivity contribution is -0.146. The maximum atomic E-state index is 12.1. The lowest BCUT2D eigenvalue weighted by Crippen LogP contribution is -2.50. The summed E-state index contributed by atoms with van der Waals surface area (Å²) in [5.74, 6) is -0.440. The summed E-state index contributed by atoms with van der Waals surface area (Å²) in [4.78, 5) is 23.5. The number of rotatable bonds is 4. The van der Waals surface area contributed by atoms with Gasteiger partial charge in [-0.15, -0.1) is 0 Å². The molecule has 1 aromatic carbocycles. The summed E-state index contributed by atoms with van der Waals surface area (Å²) in [5, 5.41) is 2.60. The van der Waals surface area contributed by atoms with Crippen LogP contribution in [0.1, 0.15) is 24.2 Å². The predicted molar refractivity (Wildman–Crippen MR) is 66.6 cm³/mol. The number of amides is 1. The second-order valence-electron chi connectivity index (χ2n) is 4.27. The molecule has 0 spiro atoms. The Labute approximate surface area is 106 Å². The van der Waals surface area contributed by atoms with Crippen molar-refractivity contribution in [3.8, 4) is 5.75 Å². The zero-order chi connectivity index (χ0) is 13.8. The Morgan fingerprint density at radius 1 is 1.17 bits per heavy atom. The van der Waals surface area contributed by atoms with Crippen LogP contribution >= 0.6 is 0 Å². The molecule has 5 heteroatoms. The van der Waals surface area contributed by atoms with Crippen molar-refractivity contribution in [1.82, 2.24) is 5.32 Å². The molecule has 98 valence electrons. The molecule has 0 saturated carbocycles. The second kappa shape index (κ2) is 5.53. The number of ether oxygens (including phenoxy) is 2. The normalized spacial score (nSPS) is 10.7. The molecule has 0 fully saturated rings. The van der Waals surface area contributed by atoms with E-state index in [9.17, 15) is 9.59 Å². The van der Waals surface area contributed by atoms with E-state index in [1.165, 1.54) is 14.2 Å². The van der Waals surface area contributed by atoms with Crippen molar-refractivity contribution in [2.24, 2.45) is 0 Å². The SMILES string of the molecule is COC(=O)C(C)(C)NC(=O)c1ccccc1OC. The molecule has 0 aliphatic carbocycles. The molecule has 5 nitrogen and oxygen atoms in total. The number of carbonyl (C=O) groups is 2. The third kappa shape index (κ3) is 3.00. The summed E-state index contributed by atoms with van der Waals surface area (Å²) in [6.07, 6.45) is 0. The predicted octanol–water partition coefficient (Wildman–Crippen LogP) is 1.38. The van der Waals surface area contributed by atoms with Crippen molar-refractivity contribution in [3.63, 3.8) is 0 Å². The quantitative estimate of drug-likeness (QED) is 0.821. The van der Waals surface area contributed by atoms with Gasteiger partial charge in [0.2, 0.25) is 0 Å². The molecule has 1 rings (SSSR count). The minimum absolute atomic E-state index is 0.372. The first-order chi connectivity index (χ1) is 8.42.